The van der Waals surface area contributed by atoms with Crippen LogP contribution in [-0.4, -0.2) is 24.4 Å². The Hall–Kier alpha value is -1.27. The number of halogens is 7. The molecule has 0 fully saturated rings. The van der Waals surface area contributed by atoms with Crippen LogP contribution in [0.15, 0.2) is 6.07 Å². The SMILES string of the molecule is COC(=O)c1cc(C(F)(F)F)c(I)nc1OC(F)(F)F. The second-order valence-electron chi connectivity index (χ2n) is 3.22. The zero-order valence-electron chi connectivity index (χ0n) is 9.40. The molecule has 0 N–H and O–H groups in total. The normalized spacial score (nSPS) is 12.2. The maximum absolute atomic E-state index is 12.6. The van der Waals surface area contributed by atoms with Crippen LogP contribution < -0.4 is 4.74 Å². The number of hydrogen-bond donors (Lipinski definition) is 0. The van der Waals surface area contributed by atoms with Crippen molar-refractivity contribution in [1.29, 1.82) is 0 Å². The molecule has 0 aliphatic rings. The highest BCUT2D eigenvalue weighted by Gasteiger charge is 2.39. The van der Waals surface area contributed by atoms with Gasteiger partial charge in [-0.1, -0.05) is 0 Å². The molecule has 0 amide bonds. The summed E-state index contributed by atoms with van der Waals surface area (Å²) in [5.74, 6) is -2.74. The van der Waals surface area contributed by atoms with Crippen molar-refractivity contribution < 1.29 is 40.6 Å². The number of alkyl halides is 6. The molecule has 1 aromatic rings. The largest absolute Gasteiger partial charge is 0.574 e. The van der Waals surface area contributed by atoms with E-state index >= 15 is 0 Å². The predicted octanol–water partition coefficient (Wildman–Crippen LogP) is 3.39. The minimum Gasteiger partial charge on any atom is -0.465 e. The van der Waals surface area contributed by atoms with E-state index < -0.39 is 39.2 Å². The van der Waals surface area contributed by atoms with E-state index in [-0.39, 0.29) is 6.07 Å². The van der Waals surface area contributed by atoms with Gasteiger partial charge in [-0.2, -0.15) is 13.2 Å². The van der Waals surface area contributed by atoms with Crippen LogP contribution in [0.1, 0.15) is 15.9 Å². The highest BCUT2D eigenvalue weighted by atomic mass is 127. The predicted molar refractivity (Wildman–Crippen MR) is 60.0 cm³/mol. The molecule has 112 valence electrons. The molecule has 0 saturated heterocycles. The molecular formula is C9H4F6INO3. The number of esters is 1. The summed E-state index contributed by atoms with van der Waals surface area (Å²) < 4.78 is 80.9. The first-order valence-electron chi connectivity index (χ1n) is 4.57. The zero-order chi connectivity index (χ0) is 15.7. The first-order valence-corrected chi connectivity index (χ1v) is 5.65. The first kappa shape index (κ1) is 16.8. The van der Waals surface area contributed by atoms with Gasteiger partial charge < -0.3 is 9.47 Å². The summed E-state index contributed by atoms with van der Waals surface area (Å²) in [6, 6.07) is 0.196. The standard InChI is InChI=1S/C9H4F6INO3/c1-19-7(18)3-2-4(8(10,11)12)5(16)17-6(3)20-9(13,14)15/h2H,1H3. The third kappa shape index (κ3) is 4.11. The smallest absolute Gasteiger partial charge is 0.465 e. The molecule has 11 heteroatoms. The van der Waals surface area contributed by atoms with Crippen molar-refractivity contribution in [3.63, 3.8) is 0 Å². The van der Waals surface area contributed by atoms with E-state index in [9.17, 15) is 31.1 Å². The number of nitrogens with zero attached hydrogens (tertiary/aromatic N) is 1. The molecule has 20 heavy (non-hydrogen) atoms. The van der Waals surface area contributed by atoms with Crippen LogP contribution in [0.4, 0.5) is 26.3 Å². The van der Waals surface area contributed by atoms with Gasteiger partial charge in [0.05, 0.1) is 12.7 Å². The van der Waals surface area contributed by atoms with Gasteiger partial charge in [0.1, 0.15) is 9.26 Å². The minimum absolute atomic E-state index is 0.196. The van der Waals surface area contributed by atoms with Crippen LogP contribution in [0, 0.1) is 3.70 Å². The third-order valence-electron chi connectivity index (χ3n) is 1.86. The Morgan fingerprint density at radius 1 is 1.25 bits per heavy atom. The Kier molecular flexibility index (Phi) is 4.71. The van der Waals surface area contributed by atoms with Gasteiger partial charge in [-0.15, -0.1) is 13.2 Å². The molecule has 0 atom stereocenters. The molecular weight excluding hydrogens is 411 g/mol. The fraction of sp³-hybridized carbons (Fsp3) is 0.333. The van der Waals surface area contributed by atoms with Gasteiger partial charge in [0.2, 0.25) is 5.88 Å². The molecule has 4 nitrogen and oxygen atoms in total. The maximum Gasteiger partial charge on any atom is 0.574 e. The first-order chi connectivity index (χ1) is 8.95. The molecule has 0 spiro atoms. The Bertz CT molecular complexity index is 528. The number of pyridine rings is 1. The van der Waals surface area contributed by atoms with E-state index in [4.69, 9.17) is 0 Å². The number of carbonyl (C=O) groups is 1. The van der Waals surface area contributed by atoms with Crippen molar-refractivity contribution >= 4 is 28.6 Å². The average Bonchev–Trinajstić information content (AvgIpc) is 2.24. The molecule has 0 saturated carbocycles. The van der Waals surface area contributed by atoms with Crippen LogP contribution in [0.25, 0.3) is 0 Å². The molecule has 0 unspecified atom stereocenters. The van der Waals surface area contributed by atoms with Crippen molar-refractivity contribution in [3.8, 4) is 5.88 Å². The van der Waals surface area contributed by atoms with E-state index in [1.165, 1.54) is 0 Å². The molecule has 0 aliphatic carbocycles. The van der Waals surface area contributed by atoms with Crippen LogP contribution in [0.3, 0.4) is 0 Å². The summed E-state index contributed by atoms with van der Waals surface area (Å²) in [5.41, 5.74) is -2.44. The number of hydrogen-bond acceptors (Lipinski definition) is 4. The number of methoxy groups -OCH3 is 1. The lowest BCUT2D eigenvalue weighted by Gasteiger charge is -2.14. The van der Waals surface area contributed by atoms with Crippen molar-refractivity contribution in [2.75, 3.05) is 7.11 Å². The Labute approximate surface area is 121 Å². The Balaban J connectivity index is 3.45. The Morgan fingerprint density at radius 2 is 1.80 bits per heavy atom. The van der Waals surface area contributed by atoms with Crippen LogP contribution in [0.5, 0.6) is 5.88 Å². The highest BCUT2D eigenvalue weighted by Crippen LogP contribution is 2.36. The summed E-state index contributed by atoms with van der Waals surface area (Å²) in [4.78, 5) is 14.2. The minimum atomic E-state index is -5.21. The van der Waals surface area contributed by atoms with Crippen molar-refractivity contribution in [2.24, 2.45) is 0 Å². The van der Waals surface area contributed by atoms with Gasteiger partial charge in [0.25, 0.3) is 0 Å². The second kappa shape index (κ2) is 5.61. The molecule has 1 heterocycles. The van der Waals surface area contributed by atoms with E-state index in [1.807, 2.05) is 0 Å². The van der Waals surface area contributed by atoms with Gasteiger partial charge in [0.15, 0.2) is 0 Å². The third-order valence-corrected chi connectivity index (χ3v) is 2.69. The van der Waals surface area contributed by atoms with Crippen LogP contribution in [-0.2, 0) is 10.9 Å². The van der Waals surface area contributed by atoms with Crippen LogP contribution >= 0.6 is 22.6 Å². The van der Waals surface area contributed by atoms with Crippen molar-refractivity contribution in [1.82, 2.24) is 4.98 Å². The lowest BCUT2D eigenvalue weighted by Crippen LogP contribution is -2.22. The van der Waals surface area contributed by atoms with E-state index in [0.717, 1.165) is 29.7 Å². The molecule has 0 aromatic carbocycles. The van der Waals surface area contributed by atoms with Crippen molar-refractivity contribution in [3.05, 3.63) is 20.9 Å². The summed E-state index contributed by atoms with van der Waals surface area (Å²) in [6.45, 7) is 0. The van der Waals surface area contributed by atoms with Gasteiger partial charge in [0, 0.05) is 0 Å². The lowest BCUT2D eigenvalue weighted by molar-refractivity contribution is -0.276. The molecule has 0 radical (unpaired) electrons. The maximum atomic E-state index is 12.6. The van der Waals surface area contributed by atoms with Crippen LogP contribution in [0.2, 0.25) is 0 Å². The summed E-state index contributed by atoms with van der Waals surface area (Å²) in [5, 5.41) is 0. The monoisotopic (exact) mass is 415 g/mol. The fourth-order valence-corrected chi connectivity index (χ4v) is 1.80. The van der Waals surface area contributed by atoms with E-state index in [0.29, 0.717) is 0 Å². The zero-order valence-corrected chi connectivity index (χ0v) is 11.6. The Morgan fingerprint density at radius 3 is 2.20 bits per heavy atom. The second-order valence-corrected chi connectivity index (χ2v) is 4.24. The van der Waals surface area contributed by atoms with E-state index in [2.05, 4.69) is 14.5 Å². The lowest BCUT2D eigenvalue weighted by atomic mass is 10.2. The molecule has 0 aliphatic heterocycles. The average molecular weight is 415 g/mol. The summed E-state index contributed by atoms with van der Waals surface area (Å²) >= 11 is 1.08. The summed E-state index contributed by atoms with van der Waals surface area (Å²) in [7, 11) is 0.797. The highest BCUT2D eigenvalue weighted by molar-refractivity contribution is 14.1. The number of carbonyl (C=O) groups excluding carboxylic acids is 1. The molecule has 1 rings (SSSR count). The van der Waals surface area contributed by atoms with Gasteiger partial charge in [-0.25, -0.2) is 9.78 Å². The molecule has 0 bridgehead atoms. The number of ether oxygens (including phenoxy) is 2. The van der Waals surface area contributed by atoms with Crippen molar-refractivity contribution in [2.45, 2.75) is 12.5 Å². The fourth-order valence-electron chi connectivity index (χ4n) is 1.12. The molecule has 1 aromatic heterocycles. The quantitative estimate of drug-likeness (QED) is 0.322. The van der Waals surface area contributed by atoms with E-state index in [1.54, 1.807) is 0 Å². The van der Waals surface area contributed by atoms with Gasteiger partial charge in [-0.3, -0.25) is 0 Å². The number of rotatable bonds is 2. The van der Waals surface area contributed by atoms with Gasteiger partial charge >= 0.3 is 18.5 Å². The number of aromatic nitrogens is 1. The topological polar surface area (TPSA) is 48.4 Å². The van der Waals surface area contributed by atoms with Gasteiger partial charge in [-0.05, 0) is 28.7 Å². The summed E-state index contributed by atoms with van der Waals surface area (Å²) in [6.07, 6.45) is -10.1.